The van der Waals surface area contributed by atoms with Gasteiger partial charge < -0.3 is 14.7 Å². The highest BCUT2D eigenvalue weighted by Gasteiger charge is 2.23. The normalized spacial score (nSPS) is 18.7. The van der Waals surface area contributed by atoms with Crippen LogP contribution in [0.3, 0.4) is 0 Å². The Morgan fingerprint density at radius 3 is 2.70 bits per heavy atom. The molecule has 1 saturated heterocycles. The summed E-state index contributed by atoms with van der Waals surface area (Å²) >= 11 is 7.02. The largest absolute Gasteiger partial charge is 0.355 e. The Morgan fingerprint density at radius 1 is 1.17 bits per heavy atom. The van der Waals surface area contributed by atoms with Gasteiger partial charge in [-0.1, -0.05) is 42.2 Å². The second-order valence-corrected chi connectivity index (χ2v) is 7.73. The van der Waals surface area contributed by atoms with Crippen LogP contribution in [0.5, 0.6) is 0 Å². The van der Waals surface area contributed by atoms with Gasteiger partial charge in [0, 0.05) is 38.4 Å². The van der Waals surface area contributed by atoms with Gasteiger partial charge in [-0.25, -0.2) is 0 Å². The van der Waals surface area contributed by atoms with E-state index in [1.807, 2.05) is 17.0 Å². The first kappa shape index (κ1) is 16.7. The molecule has 0 aliphatic carbocycles. The second kappa shape index (κ2) is 7.64. The first-order chi connectivity index (χ1) is 11.1. The van der Waals surface area contributed by atoms with Gasteiger partial charge in [-0.05, 0) is 31.5 Å². The van der Waals surface area contributed by atoms with E-state index in [4.69, 9.17) is 12.2 Å². The van der Waals surface area contributed by atoms with Crippen LogP contribution < -0.4 is 4.90 Å². The summed E-state index contributed by atoms with van der Waals surface area (Å²) in [7, 11) is 2.13. The van der Waals surface area contributed by atoms with Crippen molar-refractivity contribution >= 4 is 39.9 Å². The van der Waals surface area contributed by atoms with Crippen molar-refractivity contribution in [3.63, 3.8) is 0 Å². The predicted octanol–water partition coefficient (Wildman–Crippen LogP) is 2.23. The molecule has 23 heavy (non-hydrogen) atoms. The Hall–Kier alpha value is -1.11. The number of para-hydroxylation sites is 1. The zero-order valence-corrected chi connectivity index (χ0v) is 15.2. The fraction of sp³-hybridized carbons (Fsp3) is 0.529. The Bertz CT molecular complexity index is 585. The maximum absolute atomic E-state index is 12.6. The van der Waals surface area contributed by atoms with Crippen molar-refractivity contribution < 1.29 is 4.79 Å². The lowest BCUT2D eigenvalue weighted by Crippen LogP contribution is -2.46. The summed E-state index contributed by atoms with van der Waals surface area (Å²) in [6, 6.07) is 8.23. The third-order valence-electron chi connectivity index (χ3n) is 4.49. The summed E-state index contributed by atoms with van der Waals surface area (Å²) < 4.78 is 0.858. The molecule has 1 aromatic rings. The maximum Gasteiger partial charge on any atom is 0.237 e. The van der Waals surface area contributed by atoms with Crippen molar-refractivity contribution in [2.45, 2.75) is 12.8 Å². The van der Waals surface area contributed by atoms with Crippen molar-refractivity contribution in [1.29, 1.82) is 0 Å². The molecule has 0 radical (unpaired) electrons. The number of likely N-dealkylation sites (N-methyl/N-ethyl adjacent to an activating group) is 1. The minimum atomic E-state index is 0.165. The topological polar surface area (TPSA) is 26.8 Å². The van der Waals surface area contributed by atoms with Crippen LogP contribution in [0.4, 0.5) is 5.69 Å². The first-order valence-electron chi connectivity index (χ1n) is 8.13. The minimum absolute atomic E-state index is 0.165. The standard InChI is InChI=1S/C17H23N3OS2/c1-18-9-11-19(12-10-18)17(22)23-13-16(21)20-8-4-6-14-5-2-3-7-15(14)20/h2-3,5,7H,4,6,8-13H2,1H3. The van der Waals surface area contributed by atoms with Crippen LogP contribution in [0, 0.1) is 0 Å². The number of thiocarbonyl (C=S) groups is 1. The van der Waals surface area contributed by atoms with Crippen LogP contribution in [0.2, 0.25) is 0 Å². The molecule has 0 unspecified atom stereocenters. The molecule has 1 amide bonds. The Labute approximate surface area is 147 Å². The third-order valence-corrected chi connectivity index (χ3v) is 6.00. The second-order valence-electron chi connectivity index (χ2n) is 6.12. The number of thioether (sulfide) groups is 1. The van der Waals surface area contributed by atoms with Crippen molar-refractivity contribution in [3.05, 3.63) is 29.8 Å². The fourth-order valence-electron chi connectivity index (χ4n) is 3.07. The highest BCUT2D eigenvalue weighted by Crippen LogP contribution is 2.27. The van der Waals surface area contributed by atoms with Gasteiger partial charge in [0.15, 0.2) is 0 Å². The average molecular weight is 350 g/mol. The Kier molecular flexibility index (Phi) is 5.56. The van der Waals surface area contributed by atoms with E-state index < -0.39 is 0 Å². The van der Waals surface area contributed by atoms with Gasteiger partial charge in [0.25, 0.3) is 0 Å². The van der Waals surface area contributed by atoms with Crippen LogP contribution >= 0.6 is 24.0 Å². The molecular formula is C17H23N3OS2. The molecule has 1 aromatic carbocycles. The van der Waals surface area contributed by atoms with Gasteiger partial charge in [-0.2, -0.15) is 0 Å². The highest BCUT2D eigenvalue weighted by molar-refractivity contribution is 8.23. The van der Waals surface area contributed by atoms with E-state index in [9.17, 15) is 4.79 Å². The molecule has 2 aliphatic rings. The molecule has 4 nitrogen and oxygen atoms in total. The number of hydrogen-bond acceptors (Lipinski definition) is 4. The average Bonchev–Trinajstić information content (AvgIpc) is 2.59. The number of fused-ring (bicyclic) bond motifs is 1. The minimum Gasteiger partial charge on any atom is -0.355 e. The monoisotopic (exact) mass is 349 g/mol. The number of amides is 1. The third kappa shape index (κ3) is 4.05. The van der Waals surface area contributed by atoms with Gasteiger partial charge in [0.1, 0.15) is 4.32 Å². The van der Waals surface area contributed by atoms with E-state index in [1.165, 1.54) is 17.3 Å². The maximum atomic E-state index is 12.6. The Morgan fingerprint density at radius 2 is 1.91 bits per heavy atom. The molecule has 124 valence electrons. The molecule has 1 fully saturated rings. The predicted molar refractivity (Wildman–Crippen MR) is 101 cm³/mol. The molecule has 6 heteroatoms. The number of benzene rings is 1. The molecule has 0 saturated carbocycles. The smallest absolute Gasteiger partial charge is 0.237 e. The number of nitrogens with zero attached hydrogens (tertiary/aromatic N) is 3. The summed E-state index contributed by atoms with van der Waals surface area (Å²) in [6.45, 7) is 4.81. The molecular weight excluding hydrogens is 326 g/mol. The molecule has 3 rings (SSSR count). The summed E-state index contributed by atoms with van der Waals surface area (Å²) in [6.07, 6.45) is 2.10. The molecule has 2 heterocycles. The van der Waals surface area contributed by atoms with Crippen molar-refractivity contribution in [2.24, 2.45) is 0 Å². The first-order valence-corrected chi connectivity index (χ1v) is 9.53. The van der Waals surface area contributed by atoms with E-state index in [0.717, 1.165) is 55.6 Å². The Balaban J connectivity index is 1.55. The van der Waals surface area contributed by atoms with Gasteiger partial charge in [0.05, 0.1) is 5.75 Å². The lowest BCUT2D eigenvalue weighted by atomic mass is 10.0. The van der Waals surface area contributed by atoms with E-state index in [0.29, 0.717) is 5.75 Å². The zero-order chi connectivity index (χ0) is 16.2. The van der Waals surface area contributed by atoms with Crippen molar-refractivity contribution in [2.75, 3.05) is 50.4 Å². The van der Waals surface area contributed by atoms with E-state index in [1.54, 1.807) is 0 Å². The van der Waals surface area contributed by atoms with Crippen LogP contribution in [0.1, 0.15) is 12.0 Å². The summed E-state index contributed by atoms with van der Waals surface area (Å²) in [5, 5.41) is 0. The van der Waals surface area contributed by atoms with E-state index in [-0.39, 0.29) is 5.91 Å². The van der Waals surface area contributed by atoms with Crippen LogP contribution in [-0.2, 0) is 11.2 Å². The highest BCUT2D eigenvalue weighted by atomic mass is 32.2. The molecule has 2 aliphatic heterocycles. The number of hydrogen-bond donors (Lipinski definition) is 0. The molecule has 0 aromatic heterocycles. The molecule has 0 spiro atoms. The summed E-state index contributed by atoms with van der Waals surface area (Å²) in [4.78, 5) is 19.1. The molecule has 0 bridgehead atoms. The number of anilines is 1. The number of carbonyl (C=O) groups excluding carboxylic acids is 1. The van der Waals surface area contributed by atoms with Crippen LogP contribution in [-0.4, -0.2) is 65.6 Å². The number of aryl methyl sites for hydroxylation is 1. The van der Waals surface area contributed by atoms with Gasteiger partial charge in [-0.15, -0.1) is 0 Å². The lowest BCUT2D eigenvalue weighted by molar-refractivity contribution is -0.116. The van der Waals surface area contributed by atoms with Gasteiger partial charge in [0.2, 0.25) is 5.91 Å². The zero-order valence-electron chi connectivity index (χ0n) is 13.5. The lowest BCUT2D eigenvalue weighted by Gasteiger charge is -2.34. The number of rotatable bonds is 2. The van der Waals surface area contributed by atoms with E-state index in [2.05, 4.69) is 29.0 Å². The molecule has 0 atom stereocenters. The van der Waals surface area contributed by atoms with Gasteiger partial charge in [-0.3, -0.25) is 4.79 Å². The molecule has 0 N–H and O–H groups in total. The fourth-order valence-corrected chi connectivity index (χ4v) is 4.20. The number of piperazine rings is 1. The van der Waals surface area contributed by atoms with Crippen LogP contribution in [0.15, 0.2) is 24.3 Å². The quantitative estimate of drug-likeness (QED) is 0.763. The summed E-state index contributed by atoms with van der Waals surface area (Å²) in [5.74, 6) is 0.595. The van der Waals surface area contributed by atoms with Crippen molar-refractivity contribution in [3.8, 4) is 0 Å². The summed E-state index contributed by atoms with van der Waals surface area (Å²) in [5.41, 5.74) is 2.36. The van der Waals surface area contributed by atoms with E-state index >= 15 is 0 Å². The van der Waals surface area contributed by atoms with Gasteiger partial charge >= 0.3 is 0 Å². The van der Waals surface area contributed by atoms with Crippen molar-refractivity contribution in [1.82, 2.24) is 9.80 Å². The number of carbonyl (C=O) groups is 1. The van der Waals surface area contributed by atoms with Crippen LogP contribution in [0.25, 0.3) is 0 Å². The SMILES string of the molecule is CN1CCN(C(=S)SCC(=O)N2CCCc3ccccc32)CC1.